The highest BCUT2D eigenvalue weighted by molar-refractivity contribution is 7.12. The van der Waals surface area contributed by atoms with E-state index in [-0.39, 0.29) is 5.91 Å². The van der Waals surface area contributed by atoms with Gasteiger partial charge in [-0.1, -0.05) is 18.2 Å². The second kappa shape index (κ2) is 7.91. The number of amides is 1. The molecule has 1 aliphatic rings. The SMILES string of the molecule is Cc1cc(C(=O)O[C@H](C)C(=O)N2CCN(c3ccccc3)CC2)c(C)s1. The smallest absolute Gasteiger partial charge is 0.340 e. The van der Waals surface area contributed by atoms with Gasteiger partial charge in [0.1, 0.15) is 0 Å². The lowest BCUT2D eigenvalue weighted by Gasteiger charge is -2.37. The van der Waals surface area contributed by atoms with E-state index in [4.69, 9.17) is 4.74 Å². The van der Waals surface area contributed by atoms with E-state index in [0.717, 1.165) is 22.8 Å². The number of hydrogen-bond acceptors (Lipinski definition) is 5. The summed E-state index contributed by atoms with van der Waals surface area (Å²) in [7, 11) is 0. The Morgan fingerprint density at radius 3 is 2.31 bits per heavy atom. The summed E-state index contributed by atoms with van der Waals surface area (Å²) in [6, 6.07) is 12.0. The summed E-state index contributed by atoms with van der Waals surface area (Å²) in [5.41, 5.74) is 1.73. The number of ether oxygens (including phenoxy) is 1. The fraction of sp³-hybridized carbons (Fsp3) is 0.400. The number of benzene rings is 1. The minimum absolute atomic E-state index is 0.129. The molecule has 3 rings (SSSR count). The maximum Gasteiger partial charge on any atom is 0.340 e. The van der Waals surface area contributed by atoms with Crippen molar-refractivity contribution < 1.29 is 14.3 Å². The number of aryl methyl sites for hydroxylation is 2. The zero-order valence-electron chi connectivity index (χ0n) is 15.4. The van der Waals surface area contributed by atoms with Crippen molar-refractivity contribution in [3.05, 3.63) is 51.7 Å². The highest BCUT2D eigenvalue weighted by Crippen LogP contribution is 2.22. The first-order chi connectivity index (χ1) is 12.5. The molecule has 0 radical (unpaired) electrons. The molecule has 6 heteroatoms. The molecule has 2 aromatic rings. The van der Waals surface area contributed by atoms with Gasteiger partial charge in [-0.3, -0.25) is 4.79 Å². The van der Waals surface area contributed by atoms with Crippen LogP contribution < -0.4 is 4.90 Å². The minimum Gasteiger partial charge on any atom is -0.449 e. The normalized spacial score (nSPS) is 15.7. The number of anilines is 1. The Morgan fingerprint density at radius 1 is 1.08 bits per heavy atom. The fourth-order valence-electron chi connectivity index (χ4n) is 3.19. The number of esters is 1. The van der Waals surface area contributed by atoms with Crippen LogP contribution in [0.25, 0.3) is 0 Å². The van der Waals surface area contributed by atoms with E-state index in [0.29, 0.717) is 18.7 Å². The van der Waals surface area contributed by atoms with Gasteiger partial charge in [-0.2, -0.15) is 0 Å². The van der Waals surface area contributed by atoms with Crippen LogP contribution >= 0.6 is 11.3 Å². The first-order valence-corrected chi connectivity index (χ1v) is 9.64. The molecule has 0 bridgehead atoms. The van der Waals surface area contributed by atoms with Gasteiger partial charge in [0.15, 0.2) is 6.10 Å². The monoisotopic (exact) mass is 372 g/mol. The van der Waals surface area contributed by atoms with E-state index < -0.39 is 12.1 Å². The summed E-state index contributed by atoms with van der Waals surface area (Å²) < 4.78 is 5.42. The standard InChI is InChI=1S/C20H24N2O3S/c1-14-13-18(16(3)26-14)20(24)25-15(2)19(23)22-11-9-21(10-12-22)17-7-5-4-6-8-17/h4-8,13,15H,9-12H2,1-3H3/t15-/m1/s1. The van der Waals surface area contributed by atoms with Crippen LogP contribution in [0, 0.1) is 13.8 Å². The van der Waals surface area contributed by atoms with Crippen LogP contribution in [0.5, 0.6) is 0 Å². The number of nitrogens with zero attached hydrogens (tertiary/aromatic N) is 2. The maximum atomic E-state index is 12.6. The highest BCUT2D eigenvalue weighted by atomic mass is 32.1. The molecule has 0 saturated carbocycles. The van der Waals surface area contributed by atoms with Crippen molar-refractivity contribution in [1.29, 1.82) is 0 Å². The third-order valence-corrected chi connectivity index (χ3v) is 5.57. The van der Waals surface area contributed by atoms with Crippen molar-refractivity contribution in [2.75, 3.05) is 31.1 Å². The summed E-state index contributed by atoms with van der Waals surface area (Å²) in [5.74, 6) is -0.550. The number of carbonyl (C=O) groups excluding carboxylic acids is 2. The molecule has 0 aliphatic carbocycles. The van der Waals surface area contributed by atoms with Crippen molar-refractivity contribution in [2.24, 2.45) is 0 Å². The zero-order valence-corrected chi connectivity index (χ0v) is 16.2. The molecule has 0 unspecified atom stereocenters. The van der Waals surface area contributed by atoms with Gasteiger partial charge in [-0.25, -0.2) is 4.79 Å². The van der Waals surface area contributed by atoms with E-state index in [1.165, 1.54) is 5.69 Å². The molecule has 1 amide bonds. The van der Waals surface area contributed by atoms with Gasteiger partial charge in [0.05, 0.1) is 5.56 Å². The summed E-state index contributed by atoms with van der Waals surface area (Å²) >= 11 is 1.56. The van der Waals surface area contributed by atoms with E-state index in [2.05, 4.69) is 17.0 Å². The van der Waals surface area contributed by atoms with Crippen LogP contribution in [0.15, 0.2) is 36.4 Å². The summed E-state index contributed by atoms with van der Waals surface area (Å²) in [5, 5.41) is 0. The highest BCUT2D eigenvalue weighted by Gasteiger charge is 2.28. The molecule has 138 valence electrons. The van der Waals surface area contributed by atoms with E-state index in [1.54, 1.807) is 23.2 Å². The number of piperazine rings is 1. The van der Waals surface area contributed by atoms with Gasteiger partial charge in [0, 0.05) is 41.6 Å². The Bertz CT molecular complexity index is 780. The fourth-order valence-corrected chi connectivity index (χ4v) is 4.10. The van der Waals surface area contributed by atoms with Crippen molar-refractivity contribution in [3.8, 4) is 0 Å². The predicted octanol–water partition coefficient (Wildman–Crippen LogP) is 3.26. The van der Waals surface area contributed by atoms with Crippen molar-refractivity contribution in [1.82, 2.24) is 4.90 Å². The predicted molar refractivity (Wildman–Crippen MR) is 104 cm³/mol. The van der Waals surface area contributed by atoms with E-state index in [9.17, 15) is 9.59 Å². The van der Waals surface area contributed by atoms with E-state index in [1.807, 2.05) is 38.1 Å². The van der Waals surface area contributed by atoms with Crippen LogP contribution in [-0.2, 0) is 9.53 Å². The molecule has 1 aromatic heterocycles. The molecule has 1 saturated heterocycles. The average Bonchev–Trinajstić information content (AvgIpc) is 3.00. The molecule has 5 nitrogen and oxygen atoms in total. The summed E-state index contributed by atoms with van der Waals surface area (Å²) in [4.78, 5) is 31.0. The van der Waals surface area contributed by atoms with Gasteiger partial charge < -0.3 is 14.5 Å². The van der Waals surface area contributed by atoms with Gasteiger partial charge in [0.2, 0.25) is 0 Å². The van der Waals surface area contributed by atoms with Crippen molar-refractivity contribution >= 4 is 28.9 Å². The Kier molecular flexibility index (Phi) is 5.61. The van der Waals surface area contributed by atoms with Crippen molar-refractivity contribution in [2.45, 2.75) is 26.9 Å². The van der Waals surface area contributed by atoms with Crippen LogP contribution in [0.2, 0.25) is 0 Å². The molecule has 0 N–H and O–H groups in total. The number of para-hydroxylation sites is 1. The third-order valence-electron chi connectivity index (χ3n) is 4.61. The van der Waals surface area contributed by atoms with Crippen molar-refractivity contribution in [3.63, 3.8) is 0 Å². The first kappa shape index (κ1) is 18.5. The molecule has 0 spiro atoms. The maximum absolute atomic E-state index is 12.6. The topological polar surface area (TPSA) is 49.9 Å². The van der Waals surface area contributed by atoms with Crippen LogP contribution in [0.4, 0.5) is 5.69 Å². The molecule has 1 aliphatic heterocycles. The van der Waals surface area contributed by atoms with Gasteiger partial charge >= 0.3 is 5.97 Å². The second-order valence-corrected chi connectivity index (χ2v) is 7.98. The molecule has 1 fully saturated rings. The average molecular weight is 372 g/mol. The van der Waals surface area contributed by atoms with Crippen LogP contribution in [-0.4, -0.2) is 49.1 Å². The number of rotatable bonds is 4. The quantitative estimate of drug-likeness (QED) is 0.773. The number of carbonyl (C=O) groups is 2. The lowest BCUT2D eigenvalue weighted by atomic mass is 10.2. The Labute approximate surface area is 158 Å². The molecule has 26 heavy (non-hydrogen) atoms. The second-order valence-electron chi connectivity index (χ2n) is 6.52. The van der Waals surface area contributed by atoms with Gasteiger partial charge in [0.25, 0.3) is 5.91 Å². The lowest BCUT2D eigenvalue weighted by molar-refractivity contribution is -0.140. The van der Waals surface area contributed by atoms with E-state index >= 15 is 0 Å². The number of hydrogen-bond donors (Lipinski definition) is 0. The Hall–Kier alpha value is -2.34. The van der Waals surface area contributed by atoms with Crippen LogP contribution in [0.3, 0.4) is 0 Å². The summed E-state index contributed by atoms with van der Waals surface area (Å²) in [6.45, 7) is 8.31. The largest absolute Gasteiger partial charge is 0.449 e. The molecular weight excluding hydrogens is 348 g/mol. The zero-order chi connectivity index (χ0) is 18.7. The first-order valence-electron chi connectivity index (χ1n) is 8.82. The third kappa shape index (κ3) is 4.07. The van der Waals surface area contributed by atoms with Gasteiger partial charge in [-0.15, -0.1) is 11.3 Å². The number of thiophene rings is 1. The molecular formula is C20H24N2O3S. The minimum atomic E-state index is -0.773. The van der Waals surface area contributed by atoms with Crippen LogP contribution in [0.1, 0.15) is 27.0 Å². The molecule has 1 atom stereocenters. The van der Waals surface area contributed by atoms with Gasteiger partial charge in [-0.05, 0) is 39.0 Å². The molecule has 2 heterocycles. The molecule has 1 aromatic carbocycles. The Morgan fingerprint density at radius 2 is 1.73 bits per heavy atom. The lowest BCUT2D eigenvalue weighted by Crippen LogP contribution is -2.51. The summed E-state index contributed by atoms with van der Waals surface area (Å²) in [6.07, 6.45) is -0.773. The Balaban J connectivity index is 1.54.